The van der Waals surface area contributed by atoms with Gasteiger partial charge in [-0.3, -0.25) is 4.79 Å². The molecular weight excluding hydrogens is 680 g/mol. The van der Waals surface area contributed by atoms with Gasteiger partial charge in [0.05, 0.1) is 52.2 Å². The van der Waals surface area contributed by atoms with Gasteiger partial charge in [-0.1, -0.05) is 24.3 Å². The van der Waals surface area contributed by atoms with Gasteiger partial charge in [0.2, 0.25) is 11.9 Å². The lowest BCUT2D eigenvalue weighted by molar-refractivity contribution is -0.141. The smallest absolute Gasteiger partial charge is 0.302 e. The number of nitrogens with two attached hydrogens (primary N) is 2. The van der Waals surface area contributed by atoms with Crippen LogP contribution in [0.15, 0.2) is 61.2 Å². The van der Waals surface area contributed by atoms with Crippen LogP contribution in [0, 0.1) is 0 Å². The number of rotatable bonds is 9. The first-order valence-electron chi connectivity index (χ1n) is 17.4. The van der Waals surface area contributed by atoms with Gasteiger partial charge in [0, 0.05) is 62.1 Å². The highest BCUT2D eigenvalue weighted by Crippen LogP contribution is 2.30. The lowest BCUT2D eigenvalue weighted by Gasteiger charge is -2.27. The van der Waals surface area contributed by atoms with Crippen molar-refractivity contribution in [1.82, 2.24) is 39.0 Å². The van der Waals surface area contributed by atoms with Gasteiger partial charge in [0.15, 0.2) is 11.3 Å². The number of nitrogen functional groups attached to an aromatic ring is 2. The van der Waals surface area contributed by atoms with E-state index in [1.165, 1.54) is 6.92 Å². The maximum absolute atomic E-state index is 11.1. The molecule has 0 atom stereocenters. The first-order chi connectivity index (χ1) is 25.9. The third-order valence-corrected chi connectivity index (χ3v) is 8.84. The highest BCUT2D eigenvalue weighted by molar-refractivity contribution is 5.89. The Hall–Kier alpha value is -5.91. The molecule has 53 heavy (non-hydrogen) atoms. The number of morpholine rings is 2. The fourth-order valence-corrected chi connectivity index (χ4v) is 6.08. The molecule has 5 N–H and O–H groups in total. The standard InChI is InChI=1S/C19H22N6O3.C17H20N6O2/c1-13(26)28-11-8-25-12-21-17-16(14-2-4-15(20)5-3-14)22-19(23-18(17)25)24-6-9-27-10-7-24;18-13-3-1-12(2-4-13)14-15-16(23(5-8-24)11-19-15)21-17(20-14)22-6-9-25-10-7-22/h2-5,12H,6-11,20H2,1H3;1-4,11,24H,5-10,18H2. The van der Waals surface area contributed by atoms with Crippen molar-refractivity contribution < 1.29 is 24.1 Å². The quantitative estimate of drug-likeness (QED) is 0.144. The van der Waals surface area contributed by atoms with Gasteiger partial charge in [-0.05, 0) is 24.3 Å². The number of carbonyl (C=O) groups is 1. The van der Waals surface area contributed by atoms with Crippen molar-refractivity contribution in [3.63, 3.8) is 0 Å². The Morgan fingerprint density at radius 2 is 1.13 bits per heavy atom. The van der Waals surface area contributed by atoms with Gasteiger partial charge in [-0.25, -0.2) is 19.9 Å². The van der Waals surface area contributed by atoms with Crippen LogP contribution in [0.25, 0.3) is 44.8 Å². The molecule has 2 fully saturated rings. The summed E-state index contributed by atoms with van der Waals surface area (Å²) in [7, 11) is 0. The number of benzene rings is 2. The van der Waals surface area contributed by atoms with Crippen molar-refractivity contribution in [2.24, 2.45) is 0 Å². The zero-order chi connectivity index (χ0) is 36.7. The van der Waals surface area contributed by atoms with Crippen LogP contribution in [0.1, 0.15) is 6.92 Å². The third kappa shape index (κ3) is 8.11. The van der Waals surface area contributed by atoms with Crippen molar-refractivity contribution >= 4 is 51.6 Å². The van der Waals surface area contributed by atoms with Gasteiger partial charge in [0.25, 0.3) is 0 Å². The normalized spacial score (nSPS) is 14.7. The molecule has 2 aromatic carbocycles. The Balaban J connectivity index is 0.000000165. The summed E-state index contributed by atoms with van der Waals surface area (Å²) in [5, 5.41) is 9.30. The fourth-order valence-electron chi connectivity index (χ4n) is 6.08. The van der Waals surface area contributed by atoms with Crippen molar-refractivity contribution in [3.05, 3.63) is 61.2 Å². The Kier molecular flexibility index (Phi) is 10.8. The predicted molar refractivity (Wildman–Crippen MR) is 200 cm³/mol. The molecule has 2 aliphatic heterocycles. The average molecular weight is 723 g/mol. The molecule has 0 amide bonds. The molecule has 0 saturated carbocycles. The number of imidazole rings is 2. The van der Waals surface area contributed by atoms with Crippen LogP contribution in [0.4, 0.5) is 23.3 Å². The van der Waals surface area contributed by atoms with Crippen LogP contribution in [-0.4, -0.2) is 116 Å². The zero-order valence-corrected chi connectivity index (χ0v) is 29.5. The summed E-state index contributed by atoms with van der Waals surface area (Å²) in [5.41, 5.74) is 19.2. The highest BCUT2D eigenvalue weighted by Gasteiger charge is 2.22. The second-order valence-electron chi connectivity index (χ2n) is 12.5. The van der Waals surface area contributed by atoms with E-state index in [0.717, 1.165) is 59.9 Å². The Morgan fingerprint density at radius 1 is 0.698 bits per heavy atom. The maximum Gasteiger partial charge on any atom is 0.302 e. The minimum Gasteiger partial charge on any atom is -0.464 e. The molecule has 4 aromatic heterocycles. The number of esters is 1. The molecule has 276 valence electrons. The minimum atomic E-state index is -0.310. The van der Waals surface area contributed by atoms with Crippen LogP contribution in [0.3, 0.4) is 0 Å². The number of aliphatic hydroxyl groups is 1. The summed E-state index contributed by atoms with van der Waals surface area (Å²) in [6.07, 6.45) is 3.40. The van der Waals surface area contributed by atoms with E-state index in [9.17, 15) is 9.90 Å². The summed E-state index contributed by atoms with van der Waals surface area (Å²) in [6.45, 7) is 8.16. The van der Waals surface area contributed by atoms with Gasteiger partial charge < -0.3 is 49.7 Å². The number of aliphatic hydroxyl groups excluding tert-OH is 1. The second kappa shape index (κ2) is 16.2. The molecule has 0 radical (unpaired) electrons. The van der Waals surface area contributed by atoms with Gasteiger partial charge in [-0.15, -0.1) is 0 Å². The van der Waals surface area contributed by atoms with Crippen molar-refractivity contribution in [2.75, 3.05) is 87.1 Å². The van der Waals surface area contributed by atoms with Crippen molar-refractivity contribution in [1.29, 1.82) is 0 Å². The molecule has 6 heterocycles. The molecule has 0 spiro atoms. The largest absolute Gasteiger partial charge is 0.464 e. The molecule has 0 unspecified atom stereocenters. The summed E-state index contributed by atoms with van der Waals surface area (Å²) >= 11 is 0. The molecule has 17 heteroatoms. The van der Waals surface area contributed by atoms with Crippen LogP contribution in [-0.2, 0) is 32.1 Å². The Labute approximate surface area is 305 Å². The van der Waals surface area contributed by atoms with Gasteiger partial charge in [0.1, 0.15) is 29.0 Å². The van der Waals surface area contributed by atoms with E-state index in [-0.39, 0.29) is 19.2 Å². The van der Waals surface area contributed by atoms with Crippen LogP contribution < -0.4 is 21.3 Å². The first-order valence-corrected chi connectivity index (χ1v) is 17.4. The topological polar surface area (TPSA) is 211 Å². The summed E-state index contributed by atoms with van der Waals surface area (Å²) in [4.78, 5) is 43.3. The average Bonchev–Trinajstić information content (AvgIpc) is 3.80. The SMILES string of the molecule is CC(=O)OCCn1cnc2c(-c3ccc(N)cc3)nc(N3CCOCC3)nc21.Nc1ccc(-c2nc(N3CCOCC3)nc3c2ncn3CCO)cc1. The lowest BCUT2D eigenvalue weighted by atomic mass is 10.1. The number of hydrogen-bond donors (Lipinski definition) is 3. The van der Waals surface area contributed by atoms with Crippen molar-refractivity contribution in [2.45, 2.75) is 20.0 Å². The van der Waals surface area contributed by atoms with E-state index in [1.54, 1.807) is 12.7 Å². The number of carbonyl (C=O) groups excluding carboxylic acids is 1. The fraction of sp³-hybridized carbons (Fsp3) is 0.361. The van der Waals surface area contributed by atoms with Gasteiger partial charge in [-0.2, -0.15) is 9.97 Å². The number of ether oxygens (including phenoxy) is 3. The molecule has 2 saturated heterocycles. The molecule has 0 aliphatic carbocycles. The predicted octanol–water partition coefficient (Wildman–Crippen LogP) is 2.38. The first kappa shape index (κ1) is 35.5. The van der Waals surface area contributed by atoms with Gasteiger partial charge >= 0.3 is 5.97 Å². The number of aromatic nitrogens is 8. The summed E-state index contributed by atoms with van der Waals surface area (Å²) in [6, 6.07) is 15.1. The summed E-state index contributed by atoms with van der Waals surface area (Å²) < 4.78 is 19.7. The van der Waals surface area contributed by atoms with E-state index in [2.05, 4.69) is 19.8 Å². The van der Waals surface area contributed by atoms with E-state index >= 15 is 0 Å². The number of anilines is 4. The van der Waals surface area contributed by atoms with E-state index in [1.807, 2.05) is 57.7 Å². The molecule has 17 nitrogen and oxygen atoms in total. The van der Waals surface area contributed by atoms with E-state index < -0.39 is 0 Å². The van der Waals surface area contributed by atoms with E-state index in [4.69, 9.17) is 45.6 Å². The maximum atomic E-state index is 11.1. The van der Waals surface area contributed by atoms with Crippen molar-refractivity contribution in [3.8, 4) is 22.5 Å². The van der Waals surface area contributed by atoms with Crippen LogP contribution in [0.5, 0.6) is 0 Å². The molecule has 2 aliphatic rings. The highest BCUT2D eigenvalue weighted by atomic mass is 16.5. The molecular formula is C36H42N12O5. The number of fused-ring (bicyclic) bond motifs is 2. The molecule has 8 rings (SSSR count). The van der Waals surface area contributed by atoms with Crippen LogP contribution in [0.2, 0.25) is 0 Å². The van der Waals surface area contributed by atoms with E-state index in [0.29, 0.717) is 74.0 Å². The van der Waals surface area contributed by atoms with Crippen LogP contribution >= 0.6 is 0 Å². The summed E-state index contributed by atoms with van der Waals surface area (Å²) in [5.74, 6) is 0.981. The minimum absolute atomic E-state index is 0.0273. The third-order valence-electron chi connectivity index (χ3n) is 8.84. The number of nitrogens with zero attached hydrogens (tertiary/aromatic N) is 10. The second-order valence-corrected chi connectivity index (χ2v) is 12.5. The lowest BCUT2D eigenvalue weighted by Crippen LogP contribution is -2.37. The zero-order valence-electron chi connectivity index (χ0n) is 29.5. The Morgan fingerprint density at radius 3 is 1.55 bits per heavy atom. The molecule has 0 bridgehead atoms. The Bertz CT molecular complexity index is 2160. The molecule has 6 aromatic rings. The number of hydrogen-bond acceptors (Lipinski definition) is 15. The monoisotopic (exact) mass is 722 g/mol.